The van der Waals surface area contributed by atoms with Gasteiger partial charge < -0.3 is 15.5 Å². The summed E-state index contributed by atoms with van der Waals surface area (Å²) >= 11 is 0. The predicted molar refractivity (Wildman–Crippen MR) is 81.1 cm³/mol. The maximum Gasteiger partial charge on any atom is 0.254 e. The second kappa shape index (κ2) is 7.35. The minimum Gasteiger partial charge on any atom is -0.503 e. The Balaban J connectivity index is 2.09. The quantitative estimate of drug-likeness (QED) is 0.733. The zero-order chi connectivity index (χ0) is 17.9. The lowest BCUT2D eigenvalue weighted by Crippen LogP contribution is -2.42. The summed E-state index contributed by atoms with van der Waals surface area (Å²) in [4.78, 5) is 12.0. The number of hydrogen-bond acceptors (Lipinski definition) is 3. The van der Waals surface area contributed by atoms with Crippen LogP contribution >= 0.6 is 0 Å². The summed E-state index contributed by atoms with van der Waals surface area (Å²) in [7, 11) is 0. The number of amides is 1. The SMILES string of the molecule is C[C@@H](NC(=O)c1cc(F)c(F)c(O)c1F)[C@@H](O)Cc1ccccc1. The van der Waals surface area contributed by atoms with E-state index in [4.69, 9.17) is 5.11 Å². The summed E-state index contributed by atoms with van der Waals surface area (Å²) in [6.07, 6.45) is -0.730. The van der Waals surface area contributed by atoms with Crippen LogP contribution in [0.1, 0.15) is 22.8 Å². The fourth-order valence-electron chi connectivity index (χ4n) is 2.17. The molecule has 0 heterocycles. The van der Waals surface area contributed by atoms with Gasteiger partial charge in [-0.3, -0.25) is 4.79 Å². The summed E-state index contributed by atoms with van der Waals surface area (Å²) in [5.74, 6) is -7.49. The third-order valence-corrected chi connectivity index (χ3v) is 3.60. The summed E-state index contributed by atoms with van der Waals surface area (Å²) in [5, 5.41) is 21.5. The van der Waals surface area contributed by atoms with Gasteiger partial charge in [-0.25, -0.2) is 8.78 Å². The zero-order valence-corrected chi connectivity index (χ0v) is 12.8. The van der Waals surface area contributed by atoms with E-state index in [9.17, 15) is 23.1 Å². The molecule has 4 nitrogen and oxygen atoms in total. The van der Waals surface area contributed by atoms with Crippen LogP contribution in [0.25, 0.3) is 0 Å². The second-order valence-electron chi connectivity index (χ2n) is 5.40. The highest BCUT2D eigenvalue weighted by Gasteiger charge is 2.25. The molecule has 0 aliphatic rings. The van der Waals surface area contributed by atoms with Crippen molar-refractivity contribution in [2.45, 2.75) is 25.5 Å². The molecule has 3 N–H and O–H groups in total. The number of phenols is 1. The van der Waals surface area contributed by atoms with E-state index in [0.717, 1.165) is 5.56 Å². The van der Waals surface area contributed by atoms with E-state index in [1.165, 1.54) is 6.92 Å². The van der Waals surface area contributed by atoms with Crippen LogP contribution in [0, 0.1) is 17.5 Å². The Morgan fingerprint density at radius 3 is 2.42 bits per heavy atom. The first-order chi connectivity index (χ1) is 11.3. The van der Waals surface area contributed by atoms with Crippen molar-refractivity contribution in [1.29, 1.82) is 0 Å². The molecular weight excluding hydrogens is 323 g/mol. The summed E-state index contributed by atoms with van der Waals surface area (Å²) < 4.78 is 40.0. The molecule has 0 fully saturated rings. The Morgan fingerprint density at radius 1 is 1.17 bits per heavy atom. The van der Waals surface area contributed by atoms with Crippen molar-refractivity contribution in [3.63, 3.8) is 0 Å². The number of aliphatic hydroxyl groups excluding tert-OH is 1. The van der Waals surface area contributed by atoms with Crippen molar-refractivity contribution in [3.8, 4) is 5.75 Å². The van der Waals surface area contributed by atoms with Crippen LogP contribution in [0.3, 0.4) is 0 Å². The fraction of sp³-hybridized carbons (Fsp3) is 0.235. The first-order valence-corrected chi connectivity index (χ1v) is 7.20. The van der Waals surface area contributed by atoms with E-state index in [1.54, 1.807) is 24.3 Å². The Bertz CT molecular complexity index is 738. The monoisotopic (exact) mass is 339 g/mol. The van der Waals surface area contributed by atoms with Crippen LogP contribution in [0.2, 0.25) is 0 Å². The molecule has 7 heteroatoms. The molecule has 2 rings (SSSR count). The molecule has 0 saturated heterocycles. The molecule has 0 spiro atoms. The average Bonchev–Trinajstić information content (AvgIpc) is 2.56. The van der Waals surface area contributed by atoms with Crippen molar-refractivity contribution in [2.24, 2.45) is 0 Å². The first kappa shape index (κ1) is 17.8. The van der Waals surface area contributed by atoms with Gasteiger partial charge in [0.25, 0.3) is 5.91 Å². The van der Waals surface area contributed by atoms with Crippen molar-refractivity contribution >= 4 is 5.91 Å². The van der Waals surface area contributed by atoms with Crippen LogP contribution in [-0.4, -0.2) is 28.3 Å². The Hall–Kier alpha value is -2.54. The van der Waals surface area contributed by atoms with E-state index in [0.29, 0.717) is 6.07 Å². The van der Waals surface area contributed by atoms with Crippen LogP contribution in [0.5, 0.6) is 5.75 Å². The topological polar surface area (TPSA) is 69.6 Å². The molecule has 2 aromatic rings. The second-order valence-corrected chi connectivity index (χ2v) is 5.40. The Morgan fingerprint density at radius 2 is 1.79 bits per heavy atom. The van der Waals surface area contributed by atoms with Gasteiger partial charge in [-0.2, -0.15) is 4.39 Å². The minimum absolute atomic E-state index is 0.244. The van der Waals surface area contributed by atoms with E-state index in [-0.39, 0.29) is 6.42 Å². The van der Waals surface area contributed by atoms with Crippen molar-refractivity contribution in [1.82, 2.24) is 5.32 Å². The molecular formula is C17H16F3NO3. The van der Waals surface area contributed by atoms with Crippen LogP contribution in [-0.2, 0) is 6.42 Å². The molecule has 2 atom stereocenters. The minimum atomic E-state index is -1.76. The lowest BCUT2D eigenvalue weighted by atomic mass is 10.0. The van der Waals surface area contributed by atoms with Crippen LogP contribution < -0.4 is 5.32 Å². The average molecular weight is 339 g/mol. The summed E-state index contributed by atoms with van der Waals surface area (Å²) in [6.45, 7) is 1.49. The molecule has 0 aliphatic heterocycles. The van der Waals surface area contributed by atoms with E-state index < -0.39 is 46.8 Å². The van der Waals surface area contributed by atoms with Gasteiger partial charge in [-0.1, -0.05) is 30.3 Å². The third-order valence-electron chi connectivity index (χ3n) is 3.60. The highest BCUT2D eigenvalue weighted by atomic mass is 19.2. The largest absolute Gasteiger partial charge is 0.503 e. The zero-order valence-electron chi connectivity index (χ0n) is 12.8. The molecule has 0 aromatic heterocycles. The molecule has 128 valence electrons. The van der Waals surface area contributed by atoms with E-state index in [2.05, 4.69) is 5.32 Å². The molecule has 0 aliphatic carbocycles. The van der Waals surface area contributed by atoms with E-state index in [1.807, 2.05) is 6.07 Å². The van der Waals surface area contributed by atoms with Crippen molar-refractivity contribution < 1.29 is 28.2 Å². The number of nitrogens with one attached hydrogen (secondary N) is 1. The fourth-order valence-corrected chi connectivity index (χ4v) is 2.17. The predicted octanol–water partition coefficient (Wildman–Crippen LogP) is 2.53. The van der Waals surface area contributed by atoms with Gasteiger partial charge in [-0.05, 0) is 18.6 Å². The number of carbonyl (C=O) groups excluding carboxylic acids is 1. The first-order valence-electron chi connectivity index (χ1n) is 7.20. The Kier molecular flexibility index (Phi) is 5.46. The van der Waals surface area contributed by atoms with Crippen LogP contribution in [0.15, 0.2) is 36.4 Å². The van der Waals surface area contributed by atoms with Gasteiger partial charge in [0.05, 0.1) is 17.7 Å². The Labute approximate surface area is 136 Å². The normalized spacial score (nSPS) is 13.4. The van der Waals surface area contributed by atoms with Crippen molar-refractivity contribution in [2.75, 3.05) is 0 Å². The third kappa shape index (κ3) is 3.86. The molecule has 2 aromatic carbocycles. The number of aliphatic hydroxyl groups is 1. The van der Waals surface area contributed by atoms with Gasteiger partial charge in [-0.15, -0.1) is 0 Å². The number of aromatic hydroxyl groups is 1. The standard InChI is InChI=1S/C17H16F3NO3/c1-9(13(22)7-10-5-3-2-4-6-10)21-17(24)11-8-12(18)15(20)16(23)14(11)19/h2-6,8-9,13,22-23H,7H2,1H3,(H,21,24)/t9-,13+/m1/s1. The van der Waals surface area contributed by atoms with Crippen molar-refractivity contribution in [3.05, 3.63) is 65.0 Å². The lowest BCUT2D eigenvalue weighted by molar-refractivity contribution is 0.0846. The highest BCUT2D eigenvalue weighted by molar-refractivity contribution is 5.95. The van der Waals surface area contributed by atoms with E-state index >= 15 is 0 Å². The smallest absolute Gasteiger partial charge is 0.254 e. The number of benzene rings is 2. The molecule has 0 unspecified atom stereocenters. The highest BCUT2D eigenvalue weighted by Crippen LogP contribution is 2.25. The number of halogens is 3. The van der Waals surface area contributed by atoms with Gasteiger partial charge >= 0.3 is 0 Å². The van der Waals surface area contributed by atoms with Gasteiger partial charge in [0, 0.05) is 6.42 Å². The van der Waals surface area contributed by atoms with Gasteiger partial charge in [0.15, 0.2) is 17.4 Å². The molecule has 0 radical (unpaired) electrons. The molecule has 0 bridgehead atoms. The number of hydrogen-bond donors (Lipinski definition) is 3. The maximum absolute atomic E-state index is 13.7. The molecule has 0 saturated carbocycles. The maximum atomic E-state index is 13.7. The van der Waals surface area contributed by atoms with Crippen LogP contribution in [0.4, 0.5) is 13.2 Å². The number of carbonyl (C=O) groups is 1. The molecule has 24 heavy (non-hydrogen) atoms. The molecule has 1 amide bonds. The van der Waals surface area contributed by atoms with Gasteiger partial charge in [0.1, 0.15) is 0 Å². The summed E-state index contributed by atoms with van der Waals surface area (Å²) in [6, 6.07) is 8.58. The number of phenolic OH excluding ortho intramolecular Hbond substituents is 1. The number of rotatable bonds is 5. The lowest BCUT2D eigenvalue weighted by Gasteiger charge is -2.20. The summed E-state index contributed by atoms with van der Waals surface area (Å²) in [5.41, 5.74) is -0.00656. The van der Waals surface area contributed by atoms with Gasteiger partial charge in [0.2, 0.25) is 5.82 Å².